The summed E-state index contributed by atoms with van der Waals surface area (Å²) < 4.78 is 5.04. The minimum absolute atomic E-state index is 0.0578. The summed E-state index contributed by atoms with van der Waals surface area (Å²) in [5, 5.41) is 8.49. The highest BCUT2D eigenvalue weighted by Crippen LogP contribution is 2.28. The maximum Gasteiger partial charge on any atom is 0.332 e. The Morgan fingerprint density at radius 1 is 1.38 bits per heavy atom. The molecule has 1 aliphatic carbocycles. The quantitative estimate of drug-likeness (QED) is 0.679. The molecule has 3 nitrogen and oxygen atoms in total. The highest BCUT2D eigenvalue weighted by molar-refractivity contribution is 5.70. The molecule has 1 rings (SSSR count). The number of hydrogen-bond acceptors (Lipinski definition) is 3. The monoisotopic (exact) mass is 186 g/mol. The van der Waals surface area contributed by atoms with Crippen LogP contribution in [0.5, 0.6) is 0 Å². The summed E-state index contributed by atoms with van der Waals surface area (Å²) in [6.45, 7) is 1.71. The number of esters is 1. The van der Waals surface area contributed by atoms with E-state index in [9.17, 15) is 4.79 Å². The molecule has 0 bridgehead atoms. The number of aliphatic hydroxyl groups is 1. The lowest BCUT2D eigenvalue weighted by molar-refractivity contribution is -0.154. The molecule has 0 spiro atoms. The van der Waals surface area contributed by atoms with Gasteiger partial charge in [0.15, 0.2) is 0 Å². The summed E-state index contributed by atoms with van der Waals surface area (Å²) in [6, 6.07) is 0. The maximum absolute atomic E-state index is 10.8. The summed E-state index contributed by atoms with van der Waals surface area (Å²) in [5.74, 6) is 0.323. The maximum atomic E-state index is 10.8. The van der Waals surface area contributed by atoms with Crippen molar-refractivity contribution < 1.29 is 14.6 Å². The molecule has 1 fully saturated rings. The first-order chi connectivity index (χ1) is 6.26. The first-order valence-electron chi connectivity index (χ1n) is 5.06. The second-order valence-electron chi connectivity index (χ2n) is 3.70. The first-order valence-corrected chi connectivity index (χ1v) is 5.06. The fourth-order valence-corrected chi connectivity index (χ4v) is 1.88. The Labute approximate surface area is 79.1 Å². The molecule has 1 aliphatic rings. The van der Waals surface area contributed by atoms with E-state index < -0.39 is 12.6 Å². The third-order valence-corrected chi connectivity index (χ3v) is 2.80. The molecule has 0 aliphatic heterocycles. The van der Waals surface area contributed by atoms with Crippen LogP contribution >= 0.6 is 0 Å². The highest BCUT2D eigenvalue weighted by Gasteiger charge is 2.22. The minimum Gasteiger partial charge on any atom is -0.461 e. The second-order valence-corrected chi connectivity index (χ2v) is 3.70. The number of hydrogen-bond donors (Lipinski definition) is 1. The van der Waals surface area contributed by atoms with Gasteiger partial charge in [-0.25, -0.2) is 4.79 Å². The van der Waals surface area contributed by atoms with E-state index in [1.165, 1.54) is 6.42 Å². The topological polar surface area (TPSA) is 46.5 Å². The van der Waals surface area contributed by atoms with Gasteiger partial charge in [-0.1, -0.05) is 13.3 Å². The van der Waals surface area contributed by atoms with Crippen molar-refractivity contribution in [3.05, 3.63) is 0 Å². The third kappa shape index (κ3) is 3.35. The van der Waals surface area contributed by atoms with E-state index in [1.807, 2.05) is 0 Å². The lowest BCUT2D eigenvalue weighted by atomic mass is 9.86. The molecule has 1 saturated carbocycles. The van der Waals surface area contributed by atoms with Gasteiger partial charge >= 0.3 is 5.97 Å². The van der Waals surface area contributed by atoms with Gasteiger partial charge in [-0.2, -0.15) is 0 Å². The van der Waals surface area contributed by atoms with E-state index in [0.717, 1.165) is 31.6 Å². The van der Waals surface area contributed by atoms with Crippen LogP contribution in [-0.4, -0.2) is 23.8 Å². The Morgan fingerprint density at radius 2 is 2.00 bits per heavy atom. The molecule has 0 aromatic heterocycles. The highest BCUT2D eigenvalue weighted by atomic mass is 16.6. The Bertz CT molecular complexity index is 160. The number of rotatable bonds is 3. The molecular weight excluding hydrogens is 168 g/mol. The molecular formula is C10H18O3. The summed E-state index contributed by atoms with van der Waals surface area (Å²) in [6.07, 6.45) is 5.51. The molecule has 13 heavy (non-hydrogen) atoms. The van der Waals surface area contributed by atoms with Crippen molar-refractivity contribution in [1.82, 2.24) is 0 Å². The molecule has 76 valence electrons. The van der Waals surface area contributed by atoms with Gasteiger partial charge in [0, 0.05) is 0 Å². The van der Waals surface area contributed by atoms with Crippen LogP contribution in [0.2, 0.25) is 0 Å². The fraction of sp³-hybridized carbons (Fsp3) is 0.900. The van der Waals surface area contributed by atoms with E-state index in [-0.39, 0.29) is 6.10 Å². The molecule has 0 aromatic rings. The number of aliphatic hydroxyl groups excluding tert-OH is 1. The normalized spacial score (nSPS) is 28.5. The Hall–Kier alpha value is -0.570. The average molecular weight is 186 g/mol. The molecule has 1 N–H and O–H groups in total. The smallest absolute Gasteiger partial charge is 0.332 e. The van der Waals surface area contributed by atoms with Gasteiger partial charge in [-0.3, -0.25) is 0 Å². The Kier molecular flexibility index (Phi) is 4.22. The summed E-state index contributed by atoms with van der Waals surface area (Å²) >= 11 is 0. The van der Waals surface area contributed by atoms with Crippen molar-refractivity contribution in [2.45, 2.75) is 45.1 Å². The molecule has 0 saturated heterocycles. The minimum atomic E-state index is -0.492. The van der Waals surface area contributed by atoms with E-state index in [0.29, 0.717) is 0 Å². The Morgan fingerprint density at radius 3 is 2.46 bits per heavy atom. The van der Waals surface area contributed by atoms with Crippen molar-refractivity contribution >= 4 is 5.97 Å². The van der Waals surface area contributed by atoms with Crippen LogP contribution in [0.25, 0.3) is 0 Å². The van der Waals surface area contributed by atoms with Crippen molar-refractivity contribution in [2.24, 2.45) is 5.92 Å². The predicted octanol–water partition coefficient (Wildman–Crippen LogP) is 1.49. The van der Waals surface area contributed by atoms with Gasteiger partial charge in [-0.05, 0) is 31.6 Å². The van der Waals surface area contributed by atoms with E-state index in [1.54, 1.807) is 0 Å². The van der Waals surface area contributed by atoms with Crippen LogP contribution in [-0.2, 0) is 9.53 Å². The van der Waals surface area contributed by atoms with E-state index in [4.69, 9.17) is 9.84 Å². The number of ether oxygens (including phenoxy) is 1. The van der Waals surface area contributed by atoms with Crippen LogP contribution in [0.1, 0.15) is 39.0 Å². The lowest BCUT2D eigenvalue weighted by Crippen LogP contribution is -2.25. The first kappa shape index (κ1) is 10.5. The van der Waals surface area contributed by atoms with Crippen molar-refractivity contribution in [1.29, 1.82) is 0 Å². The Balaban J connectivity index is 2.21. The van der Waals surface area contributed by atoms with Crippen molar-refractivity contribution in [3.8, 4) is 0 Å². The molecule has 0 atom stereocenters. The van der Waals surface area contributed by atoms with Gasteiger partial charge in [0.25, 0.3) is 0 Å². The predicted molar refractivity (Wildman–Crippen MR) is 49.2 cm³/mol. The lowest BCUT2D eigenvalue weighted by Gasteiger charge is -2.27. The van der Waals surface area contributed by atoms with Crippen LogP contribution in [0, 0.1) is 5.92 Å². The number of carbonyl (C=O) groups excluding carboxylic acids is 1. The van der Waals surface area contributed by atoms with Crippen molar-refractivity contribution in [3.63, 3.8) is 0 Å². The average Bonchev–Trinajstić information content (AvgIpc) is 2.19. The summed E-state index contributed by atoms with van der Waals surface area (Å²) in [7, 11) is 0. The molecule has 0 aromatic carbocycles. The third-order valence-electron chi connectivity index (χ3n) is 2.80. The SMILES string of the molecule is CCC1CCC(OC(=O)CO)CC1. The van der Waals surface area contributed by atoms with Gasteiger partial charge in [0.05, 0.1) is 0 Å². The van der Waals surface area contributed by atoms with Crippen LogP contribution in [0.15, 0.2) is 0 Å². The van der Waals surface area contributed by atoms with Crippen molar-refractivity contribution in [2.75, 3.05) is 6.61 Å². The van der Waals surface area contributed by atoms with Gasteiger partial charge in [0.2, 0.25) is 0 Å². The second kappa shape index (κ2) is 5.22. The van der Waals surface area contributed by atoms with Crippen LogP contribution < -0.4 is 0 Å². The zero-order chi connectivity index (χ0) is 9.68. The fourth-order valence-electron chi connectivity index (χ4n) is 1.88. The van der Waals surface area contributed by atoms with E-state index >= 15 is 0 Å². The zero-order valence-corrected chi connectivity index (χ0v) is 8.16. The molecule has 0 unspecified atom stereocenters. The molecule has 0 amide bonds. The van der Waals surface area contributed by atoms with Gasteiger partial charge < -0.3 is 9.84 Å². The number of carbonyl (C=O) groups is 1. The molecule has 0 heterocycles. The van der Waals surface area contributed by atoms with Gasteiger partial charge in [0.1, 0.15) is 12.7 Å². The molecule has 0 radical (unpaired) electrons. The summed E-state index contributed by atoms with van der Waals surface area (Å²) in [4.78, 5) is 10.8. The largest absolute Gasteiger partial charge is 0.461 e. The standard InChI is InChI=1S/C10H18O3/c1-2-8-3-5-9(6-4-8)13-10(12)7-11/h8-9,11H,2-7H2,1H3. The zero-order valence-electron chi connectivity index (χ0n) is 8.16. The van der Waals surface area contributed by atoms with Crippen LogP contribution in [0.3, 0.4) is 0 Å². The summed E-state index contributed by atoms with van der Waals surface area (Å²) in [5.41, 5.74) is 0. The van der Waals surface area contributed by atoms with Crippen LogP contribution in [0.4, 0.5) is 0 Å². The van der Waals surface area contributed by atoms with E-state index in [2.05, 4.69) is 6.92 Å². The molecule has 3 heteroatoms. The van der Waals surface area contributed by atoms with Gasteiger partial charge in [-0.15, -0.1) is 0 Å².